The van der Waals surface area contributed by atoms with Gasteiger partial charge in [0.2, 0.25) is 6.10 Å². The van der Waals surface area contributed by atoms with E-state index in [1.54, 1.807) is 13.8 Å². The van der Waals surface area contributed by atoms with Gasteiger partial charge in [0, 0.05) is 31.1 Å². The topological polar surface area (TPSA) is 124 Å². The van der Waals surface area contributed by atoms with E-state index < -0.39 is 38.8 Å². The number of nitro groups is 1. The number of carbonyl (C=O) groups excluding carboxylic acids is 2. The van der Waals surface area contributed by atoms with Crippen LogP contribution >= 0.6 is 0 Å². The molecule has 1 atom stereocenters. The Bertz CT molecular complexity index is 768. The third-order valence-electron chi connectivity index (χ3n) is 3.69. The lowest BCUT2D eigenvalue weighted by Crippen LogP contribution is -2.46. The van der Waals surface area contributed by atoms with Crippen LogP contribution in [0, 0.1) is 16.0 Å². The molecule has 0 fully saturated rings. The molecule has 0 N–H and O–H groups in total. The SMILES string of the molecule is CCN(CC)C(=O)C(OS(=O)(=O)c1ccc([N+](=O)[O-])cc1)C(=O)C(C)C. The van der Waals surface area contributed by atoms with Crippen molar-refractivity contribution in [1.29, 1.82) is 0 Å². The number of hydrogen-bond acceptors (Lipinski definition) is 7. The number of benzene rings is 1. The molecule has 144 valence electrons. The number of ketones is 1. The number of amides is 1. The van der Waals surface area contributed by atoms with E-state index in [2.05, 4.69) is 0 Å². The highest BCUT2D eigenvalue weighted by Gasteiger charge is 2.37. The highest BCUT2D eigenvalue weighted by atomic mass is 32.2. The van der Waals surface area contributed by atoms with Gasteiger partial charge in [-0.05, 0) is 26.0 Å². The molecule has 0 aliphatic rings. The first-order valence-electron chi connectivity index (χ1n) is 8.05. The molecule has 0 spiro atoms. The van der Waals surface area contributed by atoms with Gasteiger partial charge in [-0.15, -0.1) is 0 Å². The van der Waals surface area contributed by atoms with Crippen LogP contribution in [0.4, 0.5) is 5.69 Å². The van der Waals surface area contributed by atoms with Crippen LogP contribution in [0.25, 0.3) is 0 Å². The first kappa shape index (κ1) is 21.7. The molecule has 0 saturated heterocycles. The minimum absolute atomic E-state index is 0.290. The summed E-state index contributed by atoms with van der Waals surface area (Å²) in [6, 6.07) is 3.99. The molecule has 1 unspecified atom stereocenters. The first-order valence-corrected chi connectivity index (χ1v) is 9.46. The molecule has 0 radical (unpaired) electrons. The predicted molar refractivity (Wildman–Crippen MR) is 92.9 cm³/mol. The van der Waals surface area contributed by atoms with Crippen molar-refractivity contribution in [2.75, 3.05) is 13.1 Å². The van der Waals surface area contributed by atoms with Crippen LogP contribution in [-0.4, -0.2) is 49.1 Å². The molecule has 0 aromatic heterocycles. The van der Waals surface area contributed by atoms with Crippen LogP contribution in [0.2, 0.25) is 0 Å². The van der Waals surface area contributed by atoms with E-state index >= 15 is 0 Å². The Labute approximate surface area is 152 Å². The zero-order chi connectivity index (χ0) is 20.1. The van der Waals surface area contributed by atoms with Gasteiger partial charge < -0.3 is 4.90 Å². The minimum Gasteiger partial charge on any atom is -0.341 e. The van der Waals surface area contributed by atoms with Gasteiger partial charge in [0.1, 0.15) is 0 Å². The minimum atomic E-state index is -4.47. The van der Waals surface area contributed by atoms with Crippen LogP contribution in [0.5, 0.6) is 0 Å². The number of nitrogens with zero attached hydrogens (tertiary/aromatic N) is 2. The fourth-order valence-corrected chi connectivity index (χ4v) is 3.14. The molecule has 9 nitrogen and oxygen atoms in total. The summed E-state index contributed by atoms with van der Waals surface area (Å²) in [7, 11) is -4.47. The maximum atomic E-state index is 12.5. The van der Waals surface area contributed by atoms with E-state index in [0.717, 1.165) is 24.3 Å². The monoisotopic (exact) mass is 386 g/mol. The van der Waals surface area contributed by atoms with Crippen molar-refractivity contribution in [3.63, 3.8) is 0 Å². The number of hydrogen-bond donors (Lipinski definition) is 0. The number of non-ortho nitro benzene ring substituents is 1. The molecule has 0 heterocycles. The fourth-order valence-electron chi connectivity index (χ4n) is 2.13. The molecule has 1 aromatic carbocycles. The summed E-state index contributed by atoms with van der Waals surface area (Å²) < 4.78 is 29.8. The summed E-state index contributed by atoms with van der Waals surface area (Å²) in [6.07, 6.45) is -1.80. The van der Waals surface area contributed by atoms with E-state index in [9.17, 15) is 28.1 Å². The summed E-state index contributed by atoms with van der Waals surface area (Å²) in [5.74, 6) is -2.02. The predicted octanol–water partition coefficient (Wildman–Crippen LogP) is 1.76. The number of nitro benzene ring substituents is 1. The van der Waals surface area contributed by atoms with Crippen molar-refractivity contribution < 1.29 is 27.1 Å². The summed E-state index contributed by atoms with van der Waals surface area (Å²) >= 11 is 0. The van der Waals surface area contributed by atoms with E-state index in [1.807, 2.05) is 0 Å². The molecular weight excluding hydrogens is 364 g/mol. The zero-order valence-electron chi connectivity index (χ0n) is 15.0. The van der Waals surface area contributed by atoms with Crippen molar-refractivity contribution in [2.24, 2.45) is 5.92 Å². The largest absolute Gasteiger partial charge is 0.341 e. The highest BCUT2D eigenvalue weighted by Crippen LogP contribution is 2.20. The Balaban J connectivity index is 3.21. The van der Waals surface area contributed by atoms with Gasteiger partial charge in [0.15, 0.2) is 5.78 Å². The zero-order valence-corrected chi connectivity index (χ0v) is 15.9. The fraction of sp³-hybridized carbons (Fsp3) is 0.500. The first-order chi connectivity index (χ1) is 12.0. The van der Waals surface area contributed by atoms with Crippen molar-refractivity contribution in [3.05, 3.63) is 34.4 Å². The number of rotatable bonds is 9. The lowest BCUT2D eigenvalue weighted by Gasteiger charge is -2.25. The van der Waals surface area contributed by atoms with Crippen LogP contribution in [0.15, 0.2) is 29.2 Å². The van der Waals surface area contributed by atoms with Crippen LogP contribution in [-0.2, 0) is 23.9 Å². The Kier molecular flexibility index (Phi) is 7.40. The van der Waals surface area contributed by atoms with Gasteiger partial charge >= 0.3 is 0 Å². The molecule has 10 heteroatoms. The molecule has 0 saturated carbocycles. The maximum Gasteiger partial charge on any atom is 0.298 e. The lowest BCUT2D eigenvalue weighted by molar-refractivity contribution is -0.384. The van der Waals surface area contributed by atoms with E-state index in [-0.39, 0.29) is 23.7 Å². The van der Waals surface area contributed by atoms with Crippen LogP contribution in [0.3, 0.4) is 0 Å². The standard InChI is InChI=1S/C16H22N2O7S/c1-5-17(6-2)16(20)15(14(19)11(3)4)25-26(23,24)13-9-7-12(8-10-13)18(21)22/h7-11,15H,5-6H2,1-4H3. The second kappa shape index (κ2) is 8.86. The Morgan fingerprint density at radius 1 is 1.15 bits per heavy atom. The van der Waals surface area contributed by atoms with Crippen molar-refractivity contribution in [2.45, 2.75) is 38.7 Å². The second-order valence-corrected chi connectivity index (χ2v) is 7.32. The molecule has 1 amide bonds. The van der Waals surface area contributed by atoms with Crippen LogP contribution in [0.1, 0.15) is 27.7 Å². The maximum absolute atomic E-state index is 12.5. The summed E-state index contributed by atoms with van der Waals surface area (Å²) in [5.41, 5.74) is -0.294. The van der Waals surface area contributed by atoms with Crippen molar-refractivity contribution in [1.82, 2.24) is 4.90 Å². The molecule has 0 aliphatic carbocycles. The number of likely N-dealkylation sites (N-methyl/N-ethyl adjacent to an activating group) is 1. The van der Waals surface area contributed by atoms with Gasteiger partial charge in [0.25, 0.3) is 21.7 Å². The van der Waals surface area contributed by atoms with Gasteiger partial charge in [0.05, 0.1) is 9.82 Å². The summed E-state index contributed by atoms with van der Waals surface area (Å²) in [4.78, 5) is 35.8. The summed E-state index contributed by atoms with van der Waals surface area (Å²) in [5, 5.41) is 10.7. The highest BCUT2D eigenvalue weighted by molar-refractivity contribution is 7.86. The van der Waals surface area contributed by atoms with Crippen LogP contribution < -0.4 is 0 Å². The molecule has 1 aromatic rings. The molecular formula is C16H22N2O7S. The van der Waals surface area contributed by atoms with Crippen molar-refractivity contribution in [3.8, 4) is 0 Å². The van der Waals surface area contributed by atoms with Crippen molar-refractivity contribution >= 4 is 27.5 Å². The average Bonchev–Trinajstić information content (AvgIpc) is 2.60. The molecule has 0 bridgehead atoms. The number of carbonyl (C=O) groups is 2. The number of Topliss-reactive ketones (excluding diaryl/α,β-unsaturated/α-hetero) is 1. The van der Waals surface area contributed by atoms with Gasteiger partial charge in [-0.3, -0.25) is 19.7 Å². The van der Waals surface area contributed by atoms with Gasteiger partial charge in [-0.2, -0.15) is 8.42 Å². The molecule has 0 aliphatic heterocycles. The normalized spacial score (nSPS) is 12.7. The van der Waals surface area contributed by atoms with E-state index in [0.29, 0.717) is 0 Å². The lowest BCUT2D eigenvalue weighted by atomic mass is 10.0. The van der Waals surface area contributed by atoms with Gasteiger partial charge in [-0.25, -0.2) is 4.18 Å². The third-order valence-corrected chi connectivity index (χ3v) is 4.98. The van der Waals surface area contributed by atoms with E-state index in [1.165, 1.54) is 18.7 Å². The van der Waals surface area contributed by atoms with E-state index in [4.69, 9.17) is 4.18 Å². The average molecular weight is 386 g/mol. The second-order valence-electron chi connectivity index (χ2n) is 5.75. The molecule has 26 heavy (non-hydrogen) atoms. The quantitative estimate of drug-likeness (QED) is 0.274. The summed E-state index contributed by atoms with van der Waals surface area (Å²) in [6.45, 7) is 7.04. The Hall–Kier alpha value is -2.33. The van der Waals surface area contributed by atoms with Gasteiger partial charge in [-0.1, -0.05) is 13.8 Å². The smallest absolute Gasteiger partial charge is 0.298 e. The molecule has 1 rings (SSSR count). The Morgan fingerprint density at radius 3 is 2.04 bits per heavy atom. The Morgan fingerprint density at radius 2 is 1.65 bits per heavy atom. The third kappa shape index (κ3) is 5.09.